The molecule has 0 fully saturated rings. The molecule has 0 saturated carbocycles. The van der Waals surface area contributed by atoms with Crippen LogP contribution in [0.1, 0.15) is 12.8 Å². The highest BCUT2D eigenvalue weighted by atomic mass is 14.7. The van der Waals surface area contributed by atoms with Crippen LogP contribution in [-0.2, 0) is 0 Å². The molecule has 1 unspecified atom stereocenters. The third-order valence-electron chi connectivity index (χ3n) is 1.64. The second-order valence-corrected chi connectivity index (χ2v) is 2.47. The summed E-state index contributed by atoms with van der Waals surface area (Å²) in [5.74, 6) is 0. The van der Waals surface area contributed by atoms with Crippen molar-refractivity contribution in [2.75, 3.05) is 0 Å². The molecule has 0 heterocycles. The fourth-order valence-electron chi connectivity index (χ4n) is 0.867. The van der Waals surface area contributed by atoms with E-state index >= 15 is 0 Å². The molecule has 1 atom stereocenters. The standard InChI is InChI=1S/C8H12N/c1-2-8(9)6-4-3-5-7-8/h3-6H,1-2,7,9H2. The smallest absolute Gasteiger partial charge is 0.0377 e. The number of hydrogen-bond acceptors (Lipinski definition) is 1. The summed E-state index contributed by atoms with van der Waals surface area (Å²) in [5, 5.41) is 0. The van der Waals surface area contributed by atoms with Crippen molar-refractivity contribution in [2.45, 2.75) is 18.4 Å². The molecule has 0 aromatic heterocycles. The fourth-order valence-corrected chi connectivity index (χ4v) is 0.867. The third kappa shape index (κ3) is 1.42. The highest BCUT2D eigenvalue weighted by molar-refractivity contribution is 5.19. The first kappa shape index (κ1) is 6.56. The number of nitrogens with two attached hydrogens (primary N) is 1. The first-order valence-electron chi connectivity index (χ1n) is 3.19. The summed E-state index contributed by atoms with van der Waals surface area (Å²) in [6.45, 7) is 3.77. The zero-order valence-electron chi connectivity index (χ0n) is 5.51. The average Bonchev–Trinajstić information content (AvgIpc) is 1.90. The summed E-state index contributed by atoms with van der Waals surface area (Å²) in [7, 11) is 0. The molecule has 49 valence electrons. The summed E-state index contributed by atoms with van der Waals surface area (Å²) in [6.07, 6.45) is 9.78. The van der Waals surface area contributed by atoms with Gasteiger partial charge in [0.05, 0.1) is 0 Å². The summed E-state index contributed by atoms with van der Waals surface area (Å²) in [4.78, 5) is 0. The van der Waals surface area contributed by atoms with E-state index in [0.29, 0.717) is 0 Å². The highest BCUT2D eigenvalue weighted by Gasteiger charge is 2.17. The van der Waals surface area contributed by atoms with E-state index < -0.39 is 0 Å². The fraction of sp³-hybridized carbons (Fsp3) is 0.375. The second kappa shape index (κ2) is 2.36. The molecule has 1 radical (unpaired) electrons. The van der Waals surface area contributed by atoms with Crippen molar-refractivity contribution in [2.24, 2.45) is 5.73 Å². The van der Waals surface area contributed by atoms with Gasteiger partial charge >= 0.3 is 0 Å². The van der Waals surface area contributed by atoms with Crippen LogP contribution in [0.3, 0.4) is 0 Å². The molecule has 0 aromatic rings. The van der Waals surface area contributed by atoms with E-state index in [1.54, 1.807) is 0 Å². The molecule has 1 heteroatoms. The third-order valence-corrected chi connectivity index (χ3v) is 1.64. The van der Waals surface area contributed by atoms with E-state index in [1.165, 1.54) is 0 Å². The largest absolute Gasteiger partial charge is 0.322 e. The van der Waals surface area contributed by atoms with Crippen molar-refractivity contribution in [1.82, 2.24) is 0 Å². The van der Waals surface area contributed by atoms with E-state index in [4.69, 9.17) is 5.73 Å². The average molecular weight is 122 g/mol. The minimum atomic E-state index is -0.158. The van der Waals surface area contributed by atoms with Crippen molar-refractivity contribution in [3.63, 3.8) is 0 Å². The van der Waals surface area contributed by atoms with Crippen LogP contribution in [0.2, 0.25) is 0 Å². The number of rotatable bonds is 1. The van der Waals surface area contributed by atoms with E-state index in [-0.39, 0.29) is 5.54 Å². The van der Waals surface area contributed by atoms with Gasteiger partial charge < -0.3 is 5.73 Å². The Morgan fingerprint density at radius 2 is 2.33 bits per heavy atom. The van der Waals surface area contributed by atoms with Gasteiger partial charge in [0.2, 0.25) is 0 Å². The van der Waals surface area contributed by atoms with Gasteiger partial charge in [-0.3, -0.25) is 0 Å². The molecule has 0 saturated heterocycles. The predicted molar refractivity (Wildman–Crippen MR) is 39.8 cm³/mol. The van der Waals surface area contributed by atoms with Gasteiger partial charge in [-0.15, -0.1) is 0 Å². The maximum atomic E-state index is 5.86. The molecule has 1 aliphatic rings. The molecule has 1 nitrogen and oxygen atoms in total. The molecule has 2 N–H and O–H groups in total. The molecular weight excluding hydrogens is 110 g/mol. The first-order chi connectivity index (χ1) is 4.27. The van der Waals surface area contributed by atoms with Gasteiger partial charge in [0.15, 0.2) is 0 Å². The zero-order chi connectivity index (χ0) is 6.74. The first-order valence-corrected chi connectivity index (χ1v) is 3.19. The van der Waals surface area contributed by atoms with Gasteiger partial charge in [-0.1, -0.05) is 31.2 Å². The summed E-state index contributed by atoms with van der Waals surface area (Å²) in [6, 6.07) is 0. The molecule has 0 amide bonds. The van der Waals surface area contributed by atoms with Gasteiger partial charge in [-0.05, 0) is 12.8 Å². The lowest BCUT2D eigenvalue weighted by Crippen LogP contribution is -2.36. The molecular formula is C8H12N. The normalized spacial score (nSPS) is 33.1. The lowest BCUT2D eigenvalue weighted by Gasteiger charge is -2.23. The van der Waals surface area contributed by atoms with Crippen molar-refractivity contribution in [3.05, 3.63) is 31.2 Å². The van der Waals surface area contributed by atoms with Crippen LogP contribution >= 0.6 is 0 Å². The Hall–Kier alpha value is -0.560. The molecule has 9 heavy (non-hydrogen) atoms. The van der Waals surface area contributed by atoms with Crippen LogP contribution in [-0.4, -0.2) is 5.54 Å². The minimum Gasteiger partial charge on any atom is -0.322 e. The minimum absolute atomic E-state index is 0.158. The van der Waals surface area contributed by atoms with Crippen molar-refractivity contribution >= 4 is 0 Å². The summed E-state index contributed by atoms with van der Waals surface area (Å²) < 4.78 is 0. The Kier molecular flexibility index (Phi) is 1.72. The van der Waals surface area contributed by atoms with E-state index in [9.17, 15) is 0 Å². The van der Waals surface area contributed by atoms with Crippen LogP contribution in [0.25, 0.3) is 0 Å². The van der Waals surface area contributed by atoms with Gasteiger partial charge in [-0.25, -0.2) is 0 Å². The van der Waals surface area contributed by atoms with E-state index in [2.05, 4.69) is 13.0 Å². The monoisotopic (exact) mass is 122 g/mol. The molecule has 1 rings (SSSR count). The van der Waals surface area contributed by atoms with Gasteiger partial charge in [-0.2, -0.15) is 0 Å². The van der Waals surface area contributed by atoms with Crippen LogP contribution < -0.4 is 5.73 Å². The second-order valence-electron chi connectivity index (χ2n) is 2.47. The van der Waals surface area contributed by atoms with Crippen molar-refractivity contribution in [3.8, 4) is 0 Å². The Bertz CT molecular complexity index is 147. The van der Waals surface area contributed by atoms with Crippen molar-refractivity contribution in [1.29, 1.82) is 0 Å². The van der Waals surface area contributed by atoms with Gasteiger partial charge in [0.1, 0.15) is 0 Å². The molecule has 0 spiro atoms. The molecule has 0 aliphatic heterocycles. The SMILES string of the molecule is [CH2]CC1(N)C=CC=CC1. The number of hydrogen-bond donors (Lipinski definition) is 1. The quantitative estimate of drug-likeness (QED) is 0.559. The maximum Gasteiger partial charge on any atom is 0.0377 e. The Morgan fingerprint density at radius 1 is 1.56 bits per heavy atom. The Labute approximate surface area is 56.2 Å². The van der Waals surface area contributed by atoms with Crippen LogP contribution in [0.4, 0.5) is 0 Å². The van der Waals surface area contributed by atoms with Gasteiger partial charge in [0.25, 0.3) is 0 Å². The van der Waals surface area contributed by atoms with Gasteiger partial charge in [0, 0.05) is 5.54 Å². The highest BCUT2D eigenvalue weighted by Crippen LogP contribution is 2.16. The predicted octanol–water partition coefficient (Wildman–Crippen LogP) is 1.42. The van der Waals surface area contributed by atoms with Crippen LogP contribution in [0.15, 0.2) is 24.3 Å². The Balaban J connectivity index is 2.63. The summed E-state index contributed by atoms with van der Waals surface area (Å²) >= 11 is 0. The van der Waals surface area contributed by atoms with Crippen molar-refractivity contribution < 1.29 is 0 Å². The van der Waals surface area contributed by atoms with E-state index in [0.717, 1.165) is 12.8 Å². The topological polar surface area (TPSA) is 26.0 Å². The number of allylic oxidation sites excluding steroid dienone is 2. The van der Waals surface area contributed by atoms with Crippen LogP contribution in [0, 0.1) is 6.92 Å². The Morgan fingerprint density at radius 3 is 2.67 bits per heavy atom. The van der Waals surface area contributed by atoms with E-state index in [1.807, 2.05) is 18.2 Å². The zero-order valence-corrected chi connectivity index (χ0v) is 5.51. The van der Waals surface area contributed by atoms with Crippen LogP contribution in [0.5, 0.6) is 0 Å². The maximum absolute atomic E-state index is 5.86. The molecule has 1 aliphatic carbocycles. The summed E-state index contributed by atoms with van der Waals surface area (Å²) in [5.41, 5.74) is 5.70. The lowest BCUT2D eigenvalue weighted by molar-refractivity contribution is 0.537. The lowest BCUT2D eigenvalue weighted by atomic mass is 9.90. The molecule has 0 bridgehead atoms. The molecule has 0 aromatic carbocycles.